The van der Waals surface area contributed by atoms with Gasteiger partial charge in [-0.05, 0) is 36.9 Å². The summed E-state index contributed by atoms with van der Waals surface area (Å²) in [5.74, 6) is 0.886. The molecule has 0 saturated heterocycles. The molecule has 0 aromatic heterocycles. The van der Waals surface area contributed by atoms with Crippen LogP contribution in [0.25, 0.3) is 0 Å². The summed E-state index contributed by atoms with van der Waals surface area (Å²) in [6.07, 6.45) is 7.04. The van der Waals surface area contributed by atoms with Gasteiger partial charge in [-0.3, -0.25) is 0 Å². The molecular weight excluding hydrogens is 258 g/mol. The van der Waals surface area contributed by atoms with Crippen molar-refractivity contribution < 1.29 is 4.74 Å². The molecule has 0 aliphatic heterocycles. The minimum atomic E-state index is 0.602. The van der Waals surface area contributed by atoms with Gasteiger partial charge in [-0.15, -0.1) is 0 Å². The summed E-state index contributed by atoms with van der Waals surface area (Å²) in [4.78, 5) is 0. The van der Waals surface area contributed by atoms with E-state index in [0.29, 0.717) is 6.61 Å². The lowest BCUT2D eigenvalue weighted by Crippen LogP contribution is -2.27. The fraction of sp³-hybridized carbons (Fsp3) is 0.625. The topological polar surface area (TPSA) is 21.3 Å². The number of rotatable bonds is 7. The Labute approximate surface area is 121 Å². The number of ether oxygens (including phenoxy) is 1. The smallest absolute Gasteiger partial charge is 0.0731 e. The normalized spacial score (nSPS) is 16.7. The first-order valence-corrected chi connectivity index (χ1v) is 7.76. The van der Waals surface area contributed by atoms with Gasteiger partial charge >= 0.3 is 0 Å². The van der Waals surface area contributed by atoms with Gasteiger partial charge < -0.3 is 10.1 Å². The molecule has 1 N–H and O–H groups in total. The third-order valence-corrected chi connectivity index (χ3v) is 4.17. The maximum absolute atomic E-state index is 6.07. The molecule has 0 unspecified atom stereocenters. The quantitative estimate of drug-likeness (QED) is 0.762. The van der Waals surface area contributed by atoms with Crippen LogP contribution in [0, 0.1) is 5.92 Å². The Morgan fingerprint density at radius 2 is 1.95 bits per heavy atom. The third kappa shape index (κ3) is 5.52. The van der Waals surface area contributed by atoms with Crippen LogP contribution in [0.2, 0.25) is 5.02 Å². The molecular formula is C16H24ClNO. The van der Waals surface area contributed by atoms with Gasteiger partial charge in [0.2, 0.25) is 0 Å². The highest BCUT2D eigenvalue weighted by Gasteiger charge is 2.12. The van der Waals surface area contributed by atoms with Crippen LogP contribution in [0.3, 0.4) is 0 Å². The van der Waals surface area contributed by atoms with E-state index in [1.165, 1.54) is 32.1 Å². The summed E-state index contributed by atoms with van der Waals surface area (Å²) in [6, 6.07) is 7.85. The third-order valence-electron chi connectivity index (χ3n) is 3.80. The van der Waals surface area contributed by atoms with E-state index >= 15 is 0 Å². The molecule has 2 nitrogen and oxygen atoms in total. The van der Waals surface area contributed by atoms with Gasteiger partial charge in [-0.2, -0.15) is 0 Å². The van der Waals surface area contributed by atoms with Crippen LogP contribution in [0.5, 0.6) is 0 Å². The van der Waals surface area contributed by atoms with Crippen LogP contribution in [-0.2, 0) is 11.3 Å². The average Bonchev–Trinajstić information content (AvgIpc) is 2.45. The molecule has 1 aliphatic carbocycles. The van der Waals surface area contributed by atoms with Crippen molar-refractivity contribution in [3.63, 3.8) is 0 Å². The molecule has 1 aliphatic rings. The summed E-state index contributed by atoms with van der Waals surface area (Å²) in [6.45, 7) is 3.43. The van der Waals surface area contributed by atoms with E-state index in [0.717, 1.165) is 36.2 Å². The van der Waals surface area contributed by atoms with Crippen molar-refractivity contribution in [2.45, 2.75) is 38.7 Å². The Hall–Kier alpha value is -0.570. The molecule has 0 atom stereocenters. The molecule has 1 aromatic carbocycles. The monoisotopic (exact) mass is 281 g/mol. The highest BCUT2D eigenvalue weighted by Crippen LogP contribution is 2.22. The van der Waals surface area contributed by atoms with E-state index in [1.807, 2.05) is 24.3 Å². The second-order valence-electron chi connectivity index (χ2n) is 5.35. The first kappa shape index (κ1) is 14.8. The molecule has 3 heteroatoms. The molecule has 1 aromatic rings. The first-order valence-electron chi connectivity index (χ1n) is 7.38. The first-order chi connectivity index (χ1) is 9.36. The molecule has 1 saturated carbocycles. The Morgan fingerprint density at radius 3 is 2.74 bits per heavy atom. The Bertz CT molecular complexity index is 364. The molecule has 0 amide bonds. The summed E-state index contributed by atoms with van der Waals surface area (Å²) >= 11 is 6.07. The Morgan fingerprint density at radius 1 is 1.16 bits per heavy atom. The van der Waals surface area contributed by atoms with E-state index < -0.39 is 0 Å². The van der Waals surface area contributed by atoms with Crippen LogP contribution in [0.4, 0.5) is 0 Å². The van der Waals surface area contributed by atoms with Crippen molar-refractivity contribution in [3.8, 4) is 0 Å². The number of halogens is 1. The fourth-order valence-corrected chi connectivity index (χ4v) is 2.83. The lowest BCUT2D eigenvalue weighted by atomic mass is 9.89. The van der Waals surface area contributed by atoms with E-state index in [-0.39, 0.29) is 0 Å². The number of hydrogen-bond donors (Lipinski definition) is 1. The van der Waals surface area contributed by atoms with Crippen molar-refractivity contribution in [3.05, 3.63) is 34.9 Å². The van der Waals surface area contributed by atoms with E-state index in [9.17, 15) is 0 Å². The minimum absolute atomic E-state index is 0.602. The van der Waals surface area contributed by atoms with Crippen LogP contribution in [0.15, 0.2) is 24.3 Å². The van der Waals surface area contributed by atoms with Gasteiger partial charge in [0, 0.05) is 11.6 Å². The van der Waals surface area contributed by atoms with E-state index in [4.69, 9.17) is 16.3 Å². The largest absolute Gasteiger partial charge is 0.375 e. The molecule has 0 bridgehead atoms. The van der Waals surface area contributed by atoms with Gasteiger partial charge in [-0.25, -0.2) is 0 Å². The van der Waals surface area contributed by atoms with E-state index in [2.05, 4.69) is 5.32 Å². The molecule has 0 spiro atoms. The predicted octanol–water partition coefficient (Wildman–Crippen LogP) is 4.03. The SMILES string of the molecule is Clc1ccccc1COCCNCC1CCCCC1. The highest BCUT2D eigenvalue weighted by molar-refractivity contribution is 6.31. The molecule has 19 heavy (non-hydrogen) atoms. The number of hydrogen-bond acceptors (Lipinski definition) is 2. The van der Waals surface area contributed by atoms with Crippen LogP contribution in [0.1, 0.15) is 37.7 Å². The lowest BCUT2D eigenvalue weighted by molar-refractivity contribution is 0.121. The maximum Gasteiger partial charge on any atom is 0.0731 e. The Balaban J connectivity index is 1.51. The van der Waals surface area contributed by atoms with Crippen molar-refractivity contribution in [2.75, 3.05) is 19.7 Å². The van der Waals surface area contributed by atoms with Crippen molar-refractivity contribution in [1.82, 2.24) is 5.32 Å². The summed E-state index contributed by atoms with van der Waals surface area (Å²) < 4.78 is 5.64. The average molecular weight is 282 g/mol. The lowest BCUT2D eigenvalue weighted by Gasteiger charge is -2.21. The highest BCUT2D eigenvalue weighted by atomic mass is 35.5. The molecule has 1 fully saturated rings. The molecule has 0 radical (unpaired) electrons. The van der Waals surface area contributed by atoms with Crippen molar-refractivity contribution in [2.24, 2.45) is 5.92 Å². The summed E-state index contributed by atoms with van der Waals surface area (Å²) in [5, 5.41) is 4.29. The number of nitrogens with one attached hydrogen (secondary N) is 1. The van der Waals surface area contributed by atoms with E-state index in [1.54, 1.807) is 0 Å². The van der Waals surface area contributed by atoms with Gasteiger partial charge in [0.05, 0.1) is 13.2 Å². The zero-order valence-corrected chi connectivity index (χ0v) is 12.3. The van der Waals surface area contributed by atoms with Gasteiger partial charge in [0.1, 0.15) is 0 Å². The van der Waals surface area contributed by atoms with Gasteiger partial charge in [0.15, 0.2) is 0 Å². The second kappa shape index (κ2) is 8.57. The Kier molecular flexibility index (Phi) is 6.69. The minimum Gasteiger partial charge on any atom is -0.375 e. The fourth-order valence-electron chi connectivity index (χ4n) is 2.64. The molecule has 2 rings (SSSR count). The standard InChI is InChI=1S/C16H24ClNO/c17-16-9-5-4-8-15(16)13-19-11-10-18-12-14-6-2-1-3-7-14/h4-5,8-9,14,18H,1-3,6-7,10-13H2. The second-order valence-corrected chi connectivity index (χ2v) is 5.76. The molecule has 106 valence electrons. The van der Waals surface area contributed by atoms with Crippen molar-refractivity contribution in [1.29, 1.82) is 0 Å². The van der Waals surface area contributed by atoms with Crippen LogP contribution >= 0.6 is 11.6 Å². The molecule has 0 heterocycles. The van der Waals surface area contributed by atoms with Crippen molar-refractivity contribution >= 4 is 11.6 Å². The predicted molar refractivity (Wildman–Crippen MR) is 80.6 cm³/mol. The number of benzene rings is 1. The summed E-state index contributed by atoms with van der Waals surface area (Å²) in [5.41, 5.74) is 1.07. The van der Waals surface area contributed by atoms with Crippen LogP contribution in [-0.4, -0.2) is 19.7 Å². The zero-order chi connectivity index (χ0) is 13.3. The zero-order valence-electron chi connectivity index (χ0n) is 11.5. The van der Waals surface area contributed by atoms with Gasteiger partial charge in [0.25, 0.3) is 0 Å². The van der Waals surface area contributed by atoms with Crippen LogP contribution < -0.4 is 5.32 Å². The maximum atomic E-state index is 6.07. The summed E-state index contributed by atoms with van der Waals surface area (Å²) in [7, 11) is 0. The van der Waals surface area contributed by atoms with Gasteiger partial charge in [-0.1, -0.05) is 49.1 Å².